The first-order valence-electron chi connectivity index (χ1n) is 4.47. The molecular weight excluding hydrogens is 198 g/mol. The van der Waals surface area contributed by atoms with Gasteiger partial charge in [0.2, 0.25) is 0 Å². The molecule has 0 fully saturated rings. The topological polar surface area (TPSA) is 63.3 Å². The molecule has 0 saturated carbocycles. The SMILES string of the molecule is C#CCCCSC(C)(C)[C@@H](N)C(=O)O. The van der Waals surface area contributed by atoms with Crippen molar-refractivity contribution in [3.8, 4) is 12.3 Å². The van der Waals surface area contributed by atoms with Crippen molar-refractivity contribution >= 4 is 17.7 Å². The lowest BCUT2D eigenvalue weighted by Gasteiger charge is -2.27. The molecule has 1 atom stereocenters. The molecule has 0 bridgehead atoms. The molecule has 0 radical (unpaired) electrons. The van der Waals surface area contributed by atoms with E-state index in [0.29, 0.717) is 0 Å². The molecule has 0 aromatic carbocycles. The third-order valence-electron chi connectivity index (χ3n) is 1.95. The first kappa shape index (κ1) is 13.3. The number of carbonyl (C=O) groups is 1. The van der Waals surface area contributed by atoms with Crippen LogP contribution >= 0.6 is 11.8 Å². The number of rotatable bonds is 6. The lowest BCUT2D eigenvalue weighted by Crippen LogP contribution is -2.46. The van der Waals surface area contributed by atoms with Crippen LogP contribution in [0.15, 0.2) is 0 Å². The van der Waals surface area contributed by atoms with Gasteiger partial charge in [0, 0.05) is 11.2 Å². The normalized spacial score (nSPS) is 13.3. The average molecular weight is 215 g/mol. The zero-order valence-corrected chi connectivity index (χ0v) is 9.43. The lowest BCUT2D eigenvalue weighted by atomic mass is 10.1. The zero-order valence-electron chi connectivity index (χ0n) is 8.62. The fraction of sp³-hybridized carbons (Fsp3) is 0.700. The van der Waals surface area contributed by atoms with Crippen LogP contribution in [0.5, 0.6) is 0 Å². The van der Waals surface area contributed by atoms with Crippen LogP contribution in [0.4, 0.5) is 0 Å². The molecule has 0 aromatic heterocycles. The van der Waals surface area contributed by atoms with Crippen molar-refractivity contribution in [2.75, 3.05) is 5.75 Å². The minimum atomic E-state index is -0.959. The summed E-state index contributed by atoms with van der Waals surface area (Å²) in [7, 11) is 0. The maximum atomic E-state index is 10.7. The van der Waals surface area contributed by atoms with Crippen LogP contribution in [0, 0.1) is 12.3 Å². The molecular formula is C10H17NO2S. The number of thioether (sulfide) groups is 1. The van der Waals surface area contributed by atoms with Gasteiger partial charge in [-0.05, 0) is 26.0 Å². The Labute approximate surface area is 89.4 Å². The van der Waals surface area contributed by atoms with Crippen LogP contribution in [-0.4, -0.2) is 27.6 Å². The van der Waals surface area contributed by atoms with E-state index in [2.05, 4.69) is 5.92 Å². The van der Waals surface area contributed by atoms with Crippen molar-refractivity contribution in [2.45, 2.75) is 37.5 Å². The third-order valence-corrected chi connectivity index (χ3v) is 3.45. The van der Waals surface area contributed by atoms with Gasteiger partial charge in [-0.1, -0.05) is 0 Å². The van der Waals surface area contributed by atoms with E-state index in [-0.39, 0.29) is 0 Å². The second-order valence-corrected chi connectivity index (χ2v) is 5.32. The molecule has 3 nitrogen and oxygen atoms in total. The van der Waals surface area contributed by atoms with Gasteiger partial charge in [0.25, 0.3) is 0 Å². The number of carboxylic acid groups (broad SMARTS) is 1. The molecule has 0 unspecified atom stereocenters. The minimum Gasteiger partial charge on any atom is -0.480 e. The van der Waals surface area contributed by atoms with Gasteiger partial charge in [0.05, 0.1) is 0 Å². The average Bonchev–Trinajstić information content (AvgIpc) is 2.11. The van der Waals surface area contributed by atoms with Crippen molar-refractivity contribution < 1.29 is 9.90 Å². The van der Waals surface area contributed by atoms with Crippen LogP contribution in [0.3, 0.4) is 0 Å². The van der Waals surface area contributed by atoms with E-state index < -0.39 is 16.8 Å². The van der Waals surface area contributed by atoms with Gasteiger partial charge in [-0.25, -0.2) is 0 Å². The van der Waals surface area contributed by atoms with E-state index >= 15 is 0 Å². The van der Waals surface area contributed by atoms with Crippen molar-refractivity contribution in [2.24, 2.45) is 5.73 Å². The van der Waals surface area contributed by atoms with Gasteiger partial charge < -0.3 is 10.8 Å². The van der Waals surface area contributed by atoms with E-state index in [0.717, 1.165) is 18.6 Å². The number of carboxylic acids is 1. The molecule has 0 aromatic rings. The Morgan fingerprint density at radius 3 is 2.71 bits per heavy atom. The monoisotopic (exact) mass is 215 g/mol. The van der Waals surface area contributed by atoms with Crippen LogP contribution < -0.4 is 5.73 Å². The van der Waals surface area contributed by atoms with E-state index in [9.17, 15) is 4.79 Å². The van der Waals surface area contributed by atoms with Crippen molar-refractivity contribution in [1.29, 1.82) is 0 Å². The summed E-state index contributed by atoms with van der Waals surface area (Å²) in [5.74, 6) is 2.43. The second kappa shape index (κ2) is 5.94. The largest absolute Gasteiger partial charge is 0.480 e. The first-order chi connectivity index (χ1) is 6.41. The molecule has 0 saturated heterocycles. The molecule has 0 rings (SSSR count). The summed E-state index contributed by atoms with van der Waals surface area (Å²) in [6, 6.07) is -0.835. The summed E-state index contributed by atoms with van der Waals surface area (Å²) in [4.78, 5) is 10.7. The Balaban J connectivity index is 3.95. The number of terminal acetylenes is 1. The molecule has 0 aliphatic rings. The third kappa shape index (κ3) is 4.54. The number of nitrogens with two attached hydrogens (primary N) is 1. The minimum absolute atomic E-state index is 0.444. The molecule has 80 valence electrons. The standard InChI is InChI=1S/C10H17NO2S/c1-4-5-6-7-14-10(2,3)8(11)9(12)13/h1,8H,5-7,11H2,2-3H3,(H,12,13)/t8-/m0/s1. The number of unbranched alkanes of at least 4 members (excludes halogenated alkanes) is 1. The highest BCUT2D eigenvalue weighted by Crippen LogP contribution is 2.28. The summed E-state index contributed by atoms with van der Waals surface area (Å²) in [5, 5.41) is 8.75. The predicted molar refractivity (Wildman–Crippen MR) is 60.2 cm³/mol. The Hall–Kier alpha value is -0.660. The molecule has 0 aliphatic carbocycles. The highest BCUT2D eigenvalue weighted by Gasteiger charge is 2.31. The first-order valence-corrected chi connectivity index (χ1v) is 5.46. The Morgan fingerprint density at radius 1 is 1.71 bits per heavy atom. The molecule has 0 aliphatic heterocycles. The van der Waals surface area contributed by atoms with Crippen LogP contribution in [0.25, 0.3) is 0 Å². The van der Waals surface area contributed by atoms with Crippen LogP contribution in [-0.2, 0) is 4.79 Å². The van der Waals surface area contributed by atoms with Crippen LogP contribution in [0.1, 0.15) is 26.7 Å². The van der Waals surface area contributed by atoms with Gasteiger partial charge in [-0.3, -0.25) is 4.79 Å². The quantitative estimate of drug-likeness (QED) is 0.518. The van der Waals surface area contributed by atoms with E-state index in [4.69, 9.17) is 17.3 Å². The molecule has 0 heterocycles. The Morgan fingerprint density at radius 2 is 2.29 bits per heavy atom. The second-order valence-electron chi connectivity index (χ2n) is 3.58. The summed E-state index contributed by atoms with van der Waals surface area (Å²) >= 11 is 1.55. The summed E-state index contributed by atoms with van der Waals surface area (Å²) in [6.07, 6.45) is 6.74. The summed E-state index contributed by atoms with van der Waals surface area (Å²) in [6.45, 7) is 3.68. The van der Waals surface area contributed by atoms with Crippen molar-refractivity contribution in [1.82, 2.24) is 0 Å². The summed E-state index contributed by atoms with van der Waals surface area (Å²) in [5.41, 5.74) is 5.55. The van der Waals surface area contributed by atoms with E-state index in [1.165, 1.54) is 0 Å². The van der Waals surface area contributed by atoms with Gasteiger partial charge in [-0.15, -0.1) is 12.3 Å². The van der Waals surface area contributed by atoms with E-state index in [1.54, 1.807) is 11.8 Å². The number of hydrogen-bond acceptors (Lipinski definition) is 3. The Kier molecular flexibility index (Phi) is 5.66. The lowest BCUT2D eigenvalue weighted by molar-refractivity contribution is -0.139. The summed E-state index contributed by atoms with van der Waals surface area (Å²) < 4.78 is -0.444. The molecule has 0 spiro atoms. The maximum Gasteiger partial charge on any atom is 0.321 e. The molecule has 3 N–H and O–H groups in total. The molecule has 14 heavy (non-hydrogen) atoms. The fourth-order valence-corrected chi connectivity index (χ4v) is 1.99. The van der Waals surface area contributed by atoms with E-state index in [1.807, 2.05) is 13.8 Å². The number of hydrogen-bond donors (Lipinski definition) is 2. The van der Waals surface area contributed by atoms with Gasteiger partial charge in [-0.2, -0.15) is 11.8 Å². The van der Waals surface area contributed by atoms with Crippen molar-refractivity contribution in [3.63, 3.8) is 0 Å². The Bertz CT molecular complexity index is 233. The fourth-order valence-electron chi connectivity index (χ4n) is 0.897. The van der Waals surface area contributed by atoms with Crippen molar-refractivity contribution in [3.05, 3.63) is 0 Å². The predicted octanol–water partition coefficient (Wildman–Crippen LogP) is 1.32. The maximum absolute atomic E-state index is 10.7. The van der Waals surface area contributed by atoms with Gasteiger partial charge >= 0.3 is 5.97 Å². The van der Waals surface area contributed by atoms with Crippen LogP contribution in [0.2, 0.25) is 0 Å². The van der Waals surface area contributed by atoms with Gasteiger partial charge in [0.1, 0.15) is 6.04 Å². The highest BCUT2D eigenvalue weighted by atomic mass is 32.2. The highest BCUT2D eigenvalue weighted by molar-refractivity contribution is 8.00. The molecule has 0 amide bonds. The zero-order chi connectivity index (χ0) is 11.2. The number of aliphatic carboxylic acids is 1. The molecule has 4 heteroatoms. The smallest absolute Gasteiger partial charge is 0.321 e. The van der Waals surface area contributed by atoms with Gasteiger partial charge in [0.15, 0.2) is 0 Å².